The first-order valence-corrected chi connectivity index (χ1v) is 9.28. The number of aromatic nitrogens is 3. The molecule has 0 aliphatic rings. The highest BCUT2D eigenvalue weighted by Crippen LogP contribution is 2.38. The van der Waals surface area contributed by atoms with E-state index >= 15 is 0 Å². The van der Waals surface area contributed by atoms with Gasteiger partial charge in [-0.05, 0) is 55.1 Å². The number of aryl methyl sites for hydroxylation is 1. The Morgan fingerprint density at radius 1 is 1.12 bits per heavy atom. The number of methoxy groups -OCH3 is 1. The van der Waals surface area contributed by atoms with Gasteiger partial charge >= 0.3 is 0 Å². The number of rotatable bonds is 4. The average Bonchev–Trinajstić information content (AvgIpc) is 3.16. The van der Waals surface area contributed by atoms with Gasteiger partial charge in [-0.2, -0.15) is 5.10 Å². The molecule has 132 valence electrons. The van der Waals surface area contributed by atoms with Gasteiger partial charge in [0.25, 0.3) is 0 Å². The average molecular weight is 365 g/mol. The largest absolute Gasteiger partial charge is 0.497 e. The summed E-state index contributed by atoms with van der Waals surface area (Å²) >= 11 is 1.24. The lowest BCUT2D eigenvalue weighted by Crippen LogP contribution is -1.95. The van der Waals surface area contributed by atoms with Crippen LogP contribution in [0.4, 0.5) is 0 Å². The van der Waals surface area contributed by atoms with Crippen molar-refractivity contribution >= 4 is 33.6 Å². The first-order valence-electron chi connectivity index (χ1n) is 8.46. The Hall–Kier alpha value is -2.73. The molecule has 2 aromatic heterocycles. The van der Waals surface area contributed by atoms with Gasteiger partial charge in [0, 0.05) is 19.0 Å². The SMILES string of the molecule is CCn1c2ccccc2n2nc(-c3ccc(OC)cc3)c(SC(C)=O)c12. The van der Waals surface area contributed by atoms with E-state index in [0.29, 0.717) is 0 Å². The molecule has 0 spiro atoms. The maximum absolute atomic E-state index is 12.0. The molecule has 6 heteroatoms. The zero-order chi connectivity index (χ0) is 18.3. The summed E-state index contributed by atoms with van der Waals surface area (Å²) in [5.74, 6) is 0.793. The van der Waals surface area contributed by atoms with Crippen LogP contribution in [0.3, 0.4) is 0 Å². The maximum Gasteiger partial charge on any atom is 0.190 e. The van der Waals surface area contributed by atoms with E-state index in [-0.39, 0.29) is 5.12 Å². The summed E-state index contributed by atoms with van der Waals surface area (Å²) in [6.07, 6.45) is 0. The smallest absolute Gasteiger partial charge is 0.190 e. The molecule has 0 unspecified atom stereocenters. The summed E-state index contributed by atoms with van der Waals surface area (Å²) in [6, 6.07) is 15.9. The van der Waals surface area contributed by atoms with Gasteiger partial charge in [0.05, 0.1) is 23.0 Å². The van der Waals surface area contributed by atoms with Crippen LogP contribution in [0.15, 0.2) is 53.4 Å². The number of ether oxygens (including phenoxy) is 1. The summed E-state index contributed by atoms with van der Waals surface area (Å²) in [5, 5.41) is 4.91. The van der Waals surface area contributed by atoms with E-state index in [1.165, 1.54) is 11.8 Å². The third kappa shape index (κ3) is 2.57. The van der Waals surface area contributed by atoms with E-state index in [4.69, 9.17) is 9.84 Å². The highest BCUT2D eigenvalue weighted by Gasteiger charge is 2.22. The molecule has 4 aromatic rings. The van der Waals surface area contributed by atoms with E-state index in [9.17, 15) is 4.79 Å². The number of para-hydroxylation sites is 2. The van der Waals surface area contributed by atoms with E-state index in [0.717, 1.165) is 45.1 Å². The number of hydrogen-bond donors (Lipinski definition) is 0. The summed E-state index contributed by atoms with van der Waals surface area (Å²) in [6.45, 7) is 4.50. The predicted molar refractivity (Wildman–Crippen MR) is 105 cm³/mol. The second kappa shape index (κ2) is 6.53. The molecule has 0 radical (unpaired) electrons. The van der Waals surface area contributed by atoms with Gasteiger partial charge in [-0.1, -0.05) is 12.1 Å². The lowest BCUT2D eigenvalue weighted by atomic mass is 10.1. The summed E-state index contributed by atoms with van der Waals surface area (Å²) in [5.41, 5.74) is 4.89. The highest BCUT2D eigenvalue weighted by molar-refractivity contribution is 8.13. The van der Waals surface area contributed by atoms with Gasteiger partial charge in [0.2, 0.25) is 0 Å². The fourth-order valence-electron chi connectivity index (χ4n) is 3.28. The van der Waals surface area contributed by atoms with Crippen LogP contribution < -0.4 is 4.74 Å². The molecule has 2 heterocycles. The van der Waals surface area contributed by atoms with Crippen molar-refractivity contribution in [2.24, 2.45) is 0 Å². The third-order valence-corrected chi connectivity index (χ3v) is 5.27. The summed E-state index contributed by atoms with van der Waals surface area (Å²) < 4.78 is 9.41. The molecule has 4 rings (SSSR count). The number of fused-ring (bicyclic) bond motifs is 3. The summed E-state index contributed by atoms with van der Waals surface area (Å²) in [7, 11) is 1.65. The van der Waals surface area contributed by atoms with Crippen LogP contribution in [-0.2, 0) is 11.3 Å². The van der Waals surface area contributed by atoms with Crippen LogP contribution in [0.5, 0.6) is 5.75 Å². The fourth-order valence-corrected chi connectivity index (χ4v) is 4.11. The van der Waals surface area contributed by atoms with Crippen molar-refractivity contribution in [3.8, 4) is 17.0 Å². The fraction of sp³-hybridized carbons (Fsp3) is 0.200. The Labute approximate surface area is 155 Å². The second-order valence-electron chi connectivity index (χ2n) is 5.97. The van der Waals surface area contributed by atoms with Crippen molar-refractivity contribution in [3.05, 3.63) is 48.5 Å². The van der Waals surface area contributed by atoms with Crippen molar-refractivity contribution in [3.63, 3.8) is 0 Å². The zero-order valence-corrected chi connectivity index (χ0v) is 15.7. The normalized spacial score (nSPS) is 11.3. The molecule has 26 heavy (non-hydrogen) atoms. The van der Waals surface area contributed by atoms with Gasteiger partial charge in [-0.15, -0.1) is 0 Å². The number of imidazole rings is 1. The van der Waals surface area contributed by atoms with Crippen molar-refractivity contribution in [1.29, 1.82) is 0 Å². The summed E-state index contributed by atoms with van der Waals surface area (Å²) in [4.78, 5) is 12.8. The molecule has 0 saturated heterocycles. The van der Waals surface area contributed by atoms with Crippen molar-refractivity contribution in [2.75, 3.05) is 7.11 Å². The van der Waals surface area contributed by atoms with Crippen LogP contribution >= 0.6 is 11.8 Å². The number of carbonyl (C=O) groups excluding carboxylic acids is 1. The van der Waals surface area contributed by atoms with E-state index in [1.54, 1.807) is 14.0 Å². The minimum atomic E-state index is 0.0440. The standard InChI is InChI=1S/C20H19N3O2S/c1-4-22-16-7-5-6-8-17(16)23-20(22)19(26-13(2)24)18(21-23)14-9-11-15(25-3)12-10-14/h5-12H,4H2,1-3H3. The molecular weight excluding hydrogens is 346 g/mol. The Morgan fingerprint density at radius 3 is 2.42 bits per heavy atom. The van der Waals surface area contributed by atoms with E-state index < -0.39 is 0 Å². The number of benzene rings is 2. The Bertz CT molecular complexity index is 1110. The third-order valence-electron chi connectivity index (χ3n) is 4.40. The second-order valence-corrected chi connectivity index (χ2v) is 7.16. The molecule has 0 aliphatic heterocycles. The van der Waals surface area contributed by atoms with Crippen LogP contribution in [-0.4, -0.2) is 26.4 Å². The molecule has 0 saturated carbocycles. The highest BCUT2D eigenvalue weighted by atomic mass is 32.2. The molecule has 0 aliphatic carbocycles. The molecule has 0 amide bonds. The van der Waals surface area contributed by atoms with Gasteiger partial charge in [-0.25, -0.2) is 4.52 Å². The lowest BCUT2D eigenvalue weighted by molar-refractivity contribution is -0.109. The molecule has 0 N–H and O–H groups in total. The molecular formula is C20H19N3O2S. The Morgan fingerprint density at radius 2 is 1.81 bits per heavy atom. The Balaban J connectivity index is 2.04. The molecule has 0 atom stereocenters. The maximum atomic E-state index is 12.0. The number of nitrogens with zero attached hydrogens (tertiary/aromatic N) is 3. The van der Waals surface area contributed by atoms with Crippen LogP contribution in [0.25, 0.3) is 27.9 Å². The van der Waals surface area contributed by atoms with Crippen LogP contribution in [0.2, 0.25) is 0 Å². The quantitative estimate of drug-likeness (QED) is 0.495. The van der Waals surface area contributed by atoms with Gasteiger partial charge < -0.3 is 9.30 Å². The minimum absolute atomic E-state index is 0.0440. The lowest BCUT2D eigenvalue weighted by Gasteiger charge is -2.06. The monoisotopic (exact) mass is 365 g/mol. The van der Waals surface area contributed by atoms with Gasteiger partial charge in [-0.3, -0.25) is 4.79 Å². The number of thioether (sulfide) groups is 1. The van der Waals surface area contributed by atoms with Gasteiger partial charge in [0.15, 0.2) is 10.8 Å². The zero-order valence-electron chi connectivity index (χ0n) is 14.9. The molecule has 5 nitrogen and oxygen atoms in total. The van der Waals surface area contributed by atoms with Crippen molar-refractivity contribution in [2.45, 2.75) is 25.3 Å². The number of hydrogen-bond acceptors (Lipinski definition) is 4. The van der Waals surface area contributed by atoms with Crippen LogP contribution in [0.1, 0.15) is 13.8 Å². The van der Waals surface area contributed by atoms with Gasteiger partial charge in [0.1, 0.15) is 11.4 Å². The minimum Gasteiger partial charge on any atom is -0.497 e. The number of carbonyl (C=O) groups is 1. The van der Waals surface area contributed by atoms with E-state index in [1.807, 2.05) is 40.9 Å². The Kier molecular flexibility index (Phi) is 4.20. The van der Waals surface area contributed by atoms with Crippen molar-refractivity contribution in [1.82, 2.24) is 14.2 Å². The predicted octanol–water partition coefficient (Wildman–Crippen LogP) is 4.62. The molecule has 0 bridgehead atoms. The molecule has 0 fully saturated rings. The first kappa shape index (κ1) is 16.7. The topological polar surface area (TPSA) is 48.5 Å². The van der Waals surface area contributed by atoms with Crippen molar-refractivity contribution < 1.29 is 9.53 Å². The first-order chi connectivity index (χ1) is 12.6. The van der Waals surface area contributed by atoms with E-state index in [2.05, 4.69) is 23.6 Å². The van der Waals surface area contributed by atoms with Crippen LogP contribution in [0, 0.1) is 0 Å². The molecule has 2 aromatic carbocycles.